The van der Waals surface area contributed by atoms with Crippen molar-refractivity contribution in [2.24, 2.45) is 12.8 Å². The molecule has 0 aliphatic heterocycles. The molecule has 0 saturated heterocycles. The van der Waals surface area contributed by atoms with Gasteiger partial charge in [0.25, 0.3) is 0 Å². The number of carboxylic acids is 1. The van der Waals surface area contributed by atoms with Gasteiger partial charge >= 0.3 is 5.97 Å². The summed E-state index contributed by atoms with van der Waals surface area (Å²) in [4.78, 5) is 23.4. The molecule has 0 radical (unpaired) electrons. The highest BCUT2D eigenvalue weighted by molar-refractivity contribution is 5.90. The van der Waals surface area contributed by atoms with Crippen LogP contribution in [0.5, 0.6) is 0 Å². The van der Waals surface area contributed by atoms with Crippen LogP contribution in [0.3, 0.4) is 0 Å². The molecule has 0 aliphatic carbocycles. The van der Waals surface area contributed by atoms with Gasteiger partial charge in [-0.2, -0.15) is 5.10 Å². The van der Waals surface area contributed by atoms with Gasteiger partial charge in [0.15, 0.2) is 6.04 Å². The van der Waals surface area contributed by atoms with E-state index in [0.29, 0.717) is 18.4 Å². The number of nitrogens with two attached hydrogens (primary N) is 1. The van der Waals surface area contributed by atoms with E-state index in [1.807, 2.05) is 0 Å². The topological polar surface area (TPSA) is 110 Å². The zero-order valence-corrected chi connectivity index (χ0v) is 11.4. The van der Waals surface area contributed by atoms with Crippen LogP contribution in [-0.4, -0.2) is 32.3 Å². The standard InChI is InChI=1S/C12H20N4O3/c1-4-12(13,5-2)11(19)15-9(10(17)18)8-6-14-16(3)7-8/h6-7,9H,4-5,13H2,1-3H3,(H,15,19)(H,17,18). The average Bonchev–Trinajstić information content (AvgIpc) is 2.80. The summed E-state index contributed by atoms with van der Waals surface area (Å²) in [6, 6.07) is -1.14. The number of carboxylic acid groups (broad SMARTS) is 1. The molecule has 7 heteroatoms. The van der Waals surface area contributed by atoms with Crippen molar-refractivity contribution >= 4 is 11.9 Å². The van der Waals surface area contributed by atoms with Gasteiger partial charge in [-0.05, 0) is 12.8 Å². The Hall–Kier alpha value is -1.89. The molecule has 1 amide bonds. The lowest BCUT2D eigenvalue weighted by molar-refractivity contribution is -0.143. The fraction of sp³-hybridized carbons (Fsp3) is 0.583. The first-order valence-corrected chi connectivity index (χ1v) is 6.15. The molecule has 0 spiro atoms. The third-order valence-corrected chi connectivity index (χ3v) is 3.29. The second-order valence-corrected chi connectivity index (χ2v) is 4.56. The van der Waals surface area contributed by atoms with Crippen molar-refractivity contribution in [1.29, 1.82) is 0 Å². The summed E-state index contributed by atoms with van der Waals surface area (Å²) in [5.41, 5.74) is 5.32. The molecule has 0 aliphatic rings. The van der Waals surface area contributed by atoms with E-state index in [9.17, 15) is 14.7 Å². The monoisotopic (exact) mass is 268 g/mol. The lowest BCUT2D eigenvalue weighted by atomic mass is 9.92. The number of amides is 1. The summed E-state index contributed by atoms with van der Waals surface area (Å²) in [5.74, 6) is -1.61. The molecule has 0 bridgehead atoms. The third-order valence-electron chi connectivity index (χ3n) is 3.29. The van der Waals surface area contributed by atoms with Gasteiger partial charge in [0.1, 0.15) is 0 Å². The molecule has 106 valence electrons. The molecule has 1 heterocycles. The predicted molar refractivity (Wildman–Crippen MR) is 69.2 cm³/mol. The number of nitrogens with one attached hydrogen (secondary N) is 1. The number of aliphatic carboxylic acids is 1. The van der Waals surface area contributed by atoms with E-state index in [1.54, 1.807) is 27.1 Å². The van der Waals surface area contributed by atoms with Crippen molar-refractivity contribution in [3.8, 4) is 0 Å². The number of nitrogens with zero attached hydrogens (tertiary/aromatic N) is 2. The Kier molecular flexibility index (Phi) is 4.66. The normalized spacial score (nSPS) is 13.1. The average molecular weight is 268 g/mol. The van der Waals surface area contributed by atoms with E-state index >= 15 is 0 Å². The zero-order chi connectivity index (χ0) is 14.6. The van der Waals surface area contributed by atoms with Gasteiger partial charge in [-0.3, -0.25) is 9.48 Å². The van der Waals surface area contributed by atoms with Crippen LogP contribution in [0, 0.1) is 0 Å². The Morgan fingerprint density at radius 3 is 2.47 bits per heavy atom. The number of aryl methyl sites for hydroxylation is 1. The van der Waals surface area contributed by atoms with E-state index in [0.717, 1.165) is 0 Å². The molecule has 1 aromatic heterocycles. The van der Waals surface area contributed by atoms with Crippen LogP contribution in [-0.2, 0) is 16.6 Å². The largest absolute Gasteiger partial charge is 0.479 e. The second kappa shape index (κ2) is 5.83. The molecule has 0 fully saturated rings. The minimum absolute atomic E-state index is 0.415. The zero-order valence-electron chi connectivity index (χ0n) is 11.4. The first-order chi connectivity index (χ1) is 8.84. The summed E-state index contributed by atoms with van der Waals surface area (Å²) in [7, 11) is 1.68. The summed E-state index contributed by atoms with van der Waals surface area (Å²) >= 11 is 0. The van der Waals surface area contributed by atoms with E-state index in [2.05, 4.69) is 10.4 Å². The van der Waals surface area contributed by atoms with Gasteiger partial charge in [-0.1, -0.05) is 13.8 Å². The predicted octanol–water partition coefficient (Wildman–Crippen LogP) is 0.180. The summed E-state index contributed by atoms with van der Waals surface area (Å²) < 4.78 is 1.48. The third kappa shape index (κ3) is 3.31. The number of carbonyl (C=O) groups excluding carboxylic acids is 1. The molecule has 1 aromatic rings. The molecule has 4 N–H and O–H groups in total. The number of hydrogen-bond donors (Lipinski definition) is 3. The molecule has 0 saturated carbocycles. The maximum absolute atomic E-state index is 12.1. The highest BCUT2D eigenvalue weighted by Gasteiger charge is 2.34. The Balaban J connectivity index is 2.92. The highest BCUT2D eigenvalue weighted by Crippen LogP contribution is 2.16. The molecule has 0 aromatic carbocycles. The first kappa shape index (κ1) is 15.2. The van der Waals surface area contributed by atoms with Crippen molar-refractivity contribution in [3.63, 3.8) is 0 Å². The van der Waals surface area contributed by atoms with Crippen molar-refractivity contribution in [2.75, 3.05) is 0 Å². The van der Waals surface area contributed by atoms with Crippen molar-refractivity contribution < 1.29 is 14.7 Å². The van der Waals surface area contributed by atoms with Gasteiger partial charge in [0, 0.05) is 18.8 Å². The van der Waals surface area contributed by atoms with Crippen LogP contribution in [0.2, 0.25) is 0 Å². The van der Waals surface area contributed by atoms with Gasteiger partial charge in [-0.15, -0.1) is 0 Å². The van der Waals surface area contributed by atoms with Gasteiger partial charge in [0.05, 0.1) is 11.7 Å². The summed E-state index contributed by atoms with van der Waals surface area (Å²) in [5, 5.41) is 15.6. The van der Waals surface area contributed by atoms with Crippen molar-refractivity contribution in [2.45, 2.75) is 38.3 Å². The van der Waals surface area contributed by atoms with Gasteiger partial charge in [0.2, 0.25) is 5.91 Å². The SMILES string of the molecule is CCC(N)(CC)C(=O)NC(C(=O)O)c1cnn(C)c1. The quantitative estimate of drug-likeness (QED) is 0.681. The van der Waals surface area contributed by atoms with Crippen LogP contribution in [0.25, 0.3) is 0 Å². The van der Waals surface area contributed by atoms with Crippen molar-refractivity contribution in [1.82, 2.24) is 15.1 Å². The molecule has 19 heavy (non-hydrogen) atoms. The van der Waals surface area contributed by atoms with E-state index in [-0.39, 0.29) is 0 Å². The molecule has 1 atom stereocenters. The Bertz CT molecular complexity index is 465. The summed E-state index contributed by atoms with van der Waals surface area (Å²) in [6.45, 7) is 3.59. The molecular formula is C12H20N4O3. The molecule has 7 nitrogen and oxygen atoms in total. The maximum Gasteiger partial charge on any atom is 0.331 e. The second-order valence-electron chi connectivity index (χ2n) is 4.56. The maximum atomic E-state index is 12.1. The van der Waals surface area contributed by atoms with Gasteiger partial charge < -0.3 is 16.2 Å². The van der Waals surface area contributed by atoms with Crippen molar-refractivity contribution in [3.05, 3.63) is 18.0 Å². The molecule has 1 unspecified atom stereocenters. The first-order valence-electron chi connectivity index (χ1n) is 6.15. The van der Waals surface area contributed by atoms with Crippen LogP contribution >= 0.6 is 0 Å². The summed E-state index contributed by atoms with van der Waals surface area (Å²) in [6.07, 6.45) is 3.84. The molecule has 1 rings (SSSR count). The minimum Gasteiger partial charge on any atom is -0.479 e. The highest BCUT2D eigenvalue weighted by atomic mass is 16.4. The Morgan fingerprint density at radius 1 is 1.53 bits per heavy atom. The van der Waals surface area contributed by atoms with Crippen LogP contribution in [0.1, 0.15) is 38.3 Å². The van der Waals surface area contributed by atoms with Crippen LogP contribution in [0.4, 0.5) is 0 Å². The van der Waals surface area contributed by atoms with Crippen LogP contribution in [0.15, 0.2) is 12.4 Å². The smallest absolute Gasteiger partial charge is 0.331 e. The minimum atomic E-state index is -1.14. The fourth-order valence-corrected chi connectivity index (χ4v) is 1.72. The lowest BCUT2D eigenvalue weighted by Gasteiger charge is -2.27. The van der Waals surface area contributed by atoms with Gasteiger partial charge in [-0.25, -0.2) is 4.79 Å². The van der Waals surface area contributed by atoms with E-state index in [4.69, 9.17) is 5.73 Å². The molecular weight excluding hydrogens is 248 g/mol. The number of hydrogen-bond acceptors (Lipinski definition) is 4. The number of aromatic nitrogens is 2. The Morgan fingerprint density at radius 2 is 2.11 bits per heavy atom. The lowest BCUT2D eigenvalue weighted by Crippen LogP contribution is -2.54. The van der Waals surface area contributed by atoms with Crippen LogP contribution < -0.4 is 11.1 Å². The van der Waals surface area contributed by atoms with E-state index < -0.39 is 23.5 Å². The Labute approximate surface area is 111 Å². The number of carbonyl (C=O) groups is 2. The van der Waals surface area contributed by atoms with E-state index in [1.165, 1.54) is 10.9 Å². The fourth-order valence-electron chi connectivity index (χ4n) is 1.72. The number of rotatable bonds is 6.